The van der Waals surface area contributed by atoms with Crippen LogP contribution in [0.15, 0.2) is 4.99 Å². The van der Waals surface area contributed by atoms with Crippen molar-refractivity contribution in [3.05, 3.63) is 0 Å². The molecule has 1 aliphatic carbocycles. The molecule has 3 nitrogen and oxygen atoms in total. The van der Waals surface area contributed by atoms with E-state index in [1.807, 2.05) is 0 Å². The molecule has 0 spiro atoms. The van der Waals surface area contributed by atoms with E-state index in [0.29, 0.717) is 12.0 Å². The van der Waals surface area contributed by atoms with Crippen LogP contribution in [0, 0.1) is 5.92 Å². The monoisotopic (exact) mass is 339 g/mol. The van der Waals surface area contributed by atoms with Crippen molar-refractivity contribution < 1.29 is 0 Å². The topological polar surface area (TPSA) is 36.4 Å². The Labute approximate surface area is 117 Å². The Hall–Kier alpha value is 0. The maximum atomic E-state index is 4.57. The van der Waals surface area contributed by atoms with Gasteiger partial charge in [0.15, 0.2) is 5.96 Å². The van der Waals surface area contributed by atoms with E-state index in [1.165, 1.54) is 25.7 Å². The molecule has 0 aromatic rings. The molecule has 96 valence electrons. The number of halogens is 1. The van der Waals surface area contributed by atoms with E-state index >= 15 is 0 Å². The molecule has 0 heterocycles. The molecular formula is C12H26IN3. The second-order valence-electron chi connectivity index (χ2n) is 4.74. The van der Waals surface area contributed by atoms with E-state index in [2.05, 4.69) is 36.4 Å². The van der Waals surface area contributed by atoms with Gasteiger partial charge in [0.1, 0.15) is 0 Å². The molecule has 1 saturated carbocycles. The molecular weight excluding hydrogens is 313 g/mol. The lowest BCUT2D eigenvalue weighted by atomic mass is 10.2. The van der Waals surface area contributed by atoms with Crippen molar-refractivity contribution in [2.24, 2.45) is 10.9 Å². The third kappa shape index (κ3) is 6.55. The minimum Gasteiger partial charge on any atom is -0.357 e. The number of aliphatic imine (C=N–C) groups is 1. The second kappa shape index (κ2) is 9.07. The lowest BCUT2D eigenvalue weighted by Crippen LogP contribution is -2.42. The standard InChI is InChI=1S/C12H25N3.HI/c1-4-13-12(14-9-10(2)3)15-11-7-5-6-8-11;/h10-11H,4-9H2,1-3H3,(H2,13,14,15);1H. The van der Waals surface area contributed by atoms with Crippen molar-refractivity contribution in [2.75, 3.05) is 13.1 Å². The molecule has 4 heteroatoms. The molecule has 16 heavy (non-hydrogen) atoms. The Morgan fingerprint density at radius 3 is 2.44 bits per heavy atom. The zero-order valence-electron chi connectivity index (χ0n) is 10.8. The Bertz CT molecular complexity index is 198. The molecule has 1 rings (SSSR count). The SMILES string of the molecule is CCNC(=NCC(C)C)NC1CCCC1.I. The van der Waals surface area contributed by atoms with Gasteiger partial charge in [-0.3, -0.25) is 4.99 Å². The smallest absolute Gasteiger partial charge is 0.191 e. The molecule has 0 aromatic carbocycles. The summed E-state index contributed by atoms with van der Waals surface area (Å²) in [6, 6.07) is 0.648. The summed E-state index contributed by atoms with van der Waals surface area (Å²) >= 11 is 0. The quantitative estimate of drug-likeness (QED) is 0.469. The molecule has 0 aliphatic heterocycles. The normalized spacial score (nSPS) is 17.4. The molecule has 1 fully saturated rings. The van der Waals surface area contributed by atoms with E-state index in [4.69, 9.17) is 0 Å². The van der Waals surface area contributed by atoms with Crippen molar-refractivity contribution in [1.29, 1.82) is 0 Å². The number of hydrogen-bond acceptors (Lipinski definition) is 1. The number of guanidine groups is 1. The molecule has 0 amide bonds. The molecule has 2 N–H and O–H groups in total. The lowest BCUT2D eigenvalue weighted by Gasteiger charge is -2.16. The third-order valence-electron chi connectivity index (χ3n) is 2.65. The Balaban J connectivity index is 0.00000225. The lowest BCUT2D eigenvalue weighted by molar-refractivity contribution is 0.604. The van der Waals surface area contributed by atoms with Crippen LogP contribution in [0.5, 0.6) is 0 Å². The number of hydrogen-bond donors (Lipinski definition) is 2. The number of nitrogens with one attached hydrogen (secondary N) is 2. The maximum Gasteiger partial charge on any atom is 0.191 e. The average Bonchev–Trinajstić information content (AvgIpc) is 2.67. The minimum absolute atomic E-state index is 0. The fraction of sp³-hybridized carbons (Fsp3) is 0.917. The van der Waals surface area contributed by atoms with Gasteiger partial charge in [0.25, 0.3) is 0 Å². The van der Waals surface area contributed by atoms with E-state index < -0.39 is 0 Å². The van der Waals surface area contributed by atoms with Crippen LogP contribution in [-0.2, 0) is 0 Å². The van der Waals surface area contributed by atoms with Crippen LogP contribution in [0.3, 0.4) is 0 Å². The van der Waals surface area contributed by atoms with E-state index in [0.717, 1.165) is 19.0 Å². The highest BCUT2D eigenvalue weighted by molar-refractivity contribution is 14.0. The molecule has 0 bridgehead atoms. The van der Waals surface area contributed by atoms with Crippen LogP contribution in [0.2, 0.25) is 0 Å². The van der Waals surface area contributed by atoms with Gasteiger partial charge in [0, 0.05) is 19.1 Å². The molecule has 1 aliphatic rings. The molecule has 0 saturated heterocycles. The van der Waals surface area contributed by atoms with E-state index in [1.54, 1.807) is 0 Å². The summed E-state index contributed by atoms with van der Waals surface area (Å²) in [5.74, 6) is 1.63. The molecule has 0 radical (unpaired) electrons. The Morgan fingerprint density at radius 1 is 1.31 bits per heavy atom. The first-order chi connectivity index (χ1) is 7.22. The summed E-state index contributed by atoms with van der Waals surface area (Å²) in [5, 5.41) is 6.81. The largest absolute Gasteiger partial charge is 0.357 e. The fourth-order valence-corrected chi connectivity index (χ4v) is 1.86. The first-order valence-corrected chi connectivity index (χ1v) is 6.27. The number of rotatable bonds is 4. The highest BCUT2D eigenvalue weighted by Crippen LogP contribution is 2.17. The van der Waals surface area contributed by atoms with Crippen LogP contribution in [0.1, 0.15) is 46.5 Å². The summed E-state index contributed by atoms with van der Waals surface area (Å²) < 4.78 is 0. The highest BCUT2D eigenvalue weighted by Gasteiger charge is 2.15. The summed E-state index contributed by atoms with van der Waals surface area (Å²) in [7, 11) is 0. The van der Waals surface area contributed by atoms with Crippen molar-refractivity contribution in [3.63, 3.8) is 0 Å². The maximum absolute atomic E-state index is 4.57. The Morgan fingerprint density at radius 2 is 1.94 bits per heavy atom. The zero-order chi connectivity index (χ0) is 11.1. The number of nitrogens with zero attached hydrogens (tertiary/aromatic N) is 1. The van der Waals surface area contributed by atoms with Crippen LogP contribution in [0.4, 0.5) is 0 Å². The van der Waals surface area contributed by atoms with Crippen LogP contribution < -0.4 is 10.6 Å². The van der Waals surface area contributed by atoms with E-state index in [-0.39, 0.29) is 24.0 Å². The first-order valence-electron chi connectivity index (χ1n) is 6.27. The van der Waals surface area contributed by atoms with Gasteiger partial charge in [-0.25, -0.2) is 0 Å². The van der Waals surface area contributed by atoms with Gasteiger partial charge in [-0.1, -0.05) is 26.7 Å². The van der Waals surface area contributed by atoms with Crippen molar-refractivity contribution in [3.8, 4) is 0 Å². The van der Waals surface area contributed by atoms with Crippen molar-refractivity contribution in [2.45, 2.75) is 52.5 Å². The zero-order valence-corrected chi connectivity index (χ0v) is 13.1. The van der Waals surface area contributed by atoms with Gasteiger partial charge in [-0.15, -0.1) is 24.0 Å². The van der Waals surface area contributed by atoms with Gasteiger partial charge < -0.3 is 10.6 Å². The van der Waals surface area contributed by atoms with Gasteiger partial charge in [0.2, 0.25) is 0 Å². The molecule has 0 unspecified atom stereocenters. The summed E-state index contributed by atoms with van der Waals surface area (Å²) in [5.41, 5.74) is 0. The fourth-order valence-electron chi connectivity index (χ4n) is 1.86. The van der Waals surface area contributed by atoms with Gasteiger partial charge in [0.05, 0.1) is 0 Å². The Kier molecular flexibility index (Phi) is 9.07. The van der Waals surface area contributed by atoms with Crippen molar-refractivity contribution in [1.82, 2.24) is 10.6 Å². The van der Waals surface area contributed by atoms with Gasteiger partial charge >= 0.3 is 0 Å². The third-order valence-corrected chi connectivity index (χ3v) is 2.65. The van der Waals surface area contributed by atoms with Gasteiger partial charge in [-0.2, -0.15) is 0 Å². The predicted octanol–water partition coefficient (Wildman–Crippen LogP) is 2.76. The minimum atomic E-state index is 0. The van der Waals surface area contributed by atoms with E-state index in [9.17, 15) is 0 Å². The van der Waals surface area contributed by atoms with Gasteiger partial charge in [-0.05, 0) is 25.7 Å². The predicted molar refractivity (Wildman–Crippen MR) is 81.6 cm³/mol. The molecule has 0 aromatic heterocycles. The van der Waals surface area contributed by atoms with Crippen LogP contribution in [-0.4, -0.2) is 25.1 Å². The highest BCUT2D eigenvalue weighted by atomic mass is 127. The molecule has 0 atom stereocenters. The summed E-state index contributed by atoms with van der Waals surface area (Å²) in [6.45, 7) is 8.35. The van der Waals surface area contributed by atoms with Crippen molar-refractivity contribution >= 4 is 29.9 Å². The second-order valence-corrected chi connectivity index (χ2v) is 4.74. The first kappa shape index (κ1) is 16.0. The summed E-state index contributed by atoms with van der Waals surface area (Å²) in [6.07, 6.45) is 5.32. The summed E-state index contributed by atoms with van der Waals surface area (Å²) in [4.78, 5) is 4.57. The van der Waals surface area contributed by atoms with Crippen LogP contribution in [0.25, 0.3) is 0 Å². The average molecular weight is 339 g/mol. The van der Waals surface area contributed by atoms with Crippen LogP contribution >= 0.6 is 24.0 Å².